The molecule has 0 spiro atoms. The van der Waals surface area contributed by atoms with Gasteiger partial charge < -0.3 is 5.32 Å². The summed E-state index contributed by atoms with van der Waals surface area (Å²) in [4.78, 5) is 3.97. The number of nitrogens with zero attached hydrogens (tertiary/aromatic N) is 1. The van der Waals surface area contributed by atoms with Crippen LogP contribution >= 0.6 is 0 Å². The number of nitrogens with one attached hydrogen (secondary N) is 1. The summed E-state index contributed by atoms with van der Waals surface area (Å²) in [5, 5.41) is 2.73. The lowest BCUT2D eigenvalue weighted by Gasteiger charge is -2.13. The van der Waals surface area contributed by atoms with Crippen LogP contribution in [0.4, 0.5) is 14.5 Å². The van der Waals surface area contributed by atoms with Crippen molar-refractivity contribution in [1.29, 1.82) is 0 Å². The molecule has 0 aliphatic carbocycles. The zero-order valence-electron chi connectivity index (χ0n) is 10.0. The Hall–Kier alpha value is -1.97. The van der Waals surface area contributed by atoms with Gasteiger partial charge >= 0.3 is 0 Å². The molecule has 0 amide bonds. The summed E-state index contributed by atoms with van der Waals surface area (Å²) in [6.45, 7) is 1.62. The first-order valence-electron chi connectivity index (χ1n) is 5.70. The predicted molar refractivity (Wildman–Crippen MR) is 68.9 cm³/mol. The molecule has 0 saturated carbocycles. The molecule has 1 aromatic heterocycles. The van der Waals surface area contributed by atoms with Crippen molar-refractivity contribution in [2.24, 2.45) is 0 Å². The molecule has 0 fully saturated rings. The van der Waals surface area contributed by atoms with E-state index < -0.39 is 6.43 Å². The first kappa shape index (κ1) is 12.5. The van der Waals surface area contributed by atoms with Gasteiger partial charge in [-0.1, -0.05) is 24.3 Å². The number of halogens is 2. The van der Waals surface area contributed by atoms with E-state index in [4.69, 9.17) is 0 Å². The molecular formula is C14H14F2N2. The van der Waals surface area contributed by atoms with E-state index in [0.717, 1.165) is 16.7 Å². The third kappa shape index (κ3) is 2.83. The van der Waals surface area contributed by atoms with Crippen LogP contribution < -0.4 is 5.32 Å². The van der Waals surface area contributed by atoms with Crippen molar-refractivity contribution in [2.75, 3.05) is 11.9 Å². The van der Waals surface area contributed by atoms with Gasteiger partial charge in [0.25, 0.3) is 6.43 Å². The van der Waals surface area contributed by atoms with Crippen LogP contribution in [0.15, 0.2) is 42.7 Å². The Balaban J connectivity index is 2.36. The fraction of sp³-hybridized carbons (Fsp3) is 0.214. The number of pyridine rings is 1. The van der Waals surface area contributed by atoms with Crippen molar-refractivity contribution in [3.63, 3.8) is 0 Å². The summed E-state index contributed by atoms with van der Waals surface area (Å²) in [7, 11) is 0. The maximum atomic E-state index is 12.3. The number of rotatable bonds is 4. The zero-order valence-corrected chi connectivity index (χ0v) is 10.0. The SMILES string of the molecule is Cc1ccccc1-c1ccncc1NCC(F)F. The minimum absolute atomic E-state index is 0.370. The normalized spacial score (nSPS) is 10.7. The fourth-order valence-electron chi connectivity index (χ4n) is 1.83. The molecule has 2 nitrogen and oxygen atoms in total. The van der Waals surface area contributed by atoms with Crippen LogP contribution in [0.5, 0.6) is 0 Å². The van der Waals surface area contributed by atoms with Crippen molar-refractivity contribution in [1.82, 2.24) is 4.98 Å². The second-order valence-electron chi connectivity index (χ2n) is 4.01. The molecule has 0 bridgehead atoms. The summed E-state index contributed by atoms with van der Waals surface area (Å²) >= 11 is 0. The quantitative estimate of drug-likeness (QED) is 0.891. The summed E-state index contributed by atoms with van der Waals surface area (Å²) < 4.78 is 24.5. The van der Waals surface area contributed by atoms with E-state index in [2.05, 4.69) is 10.3 Å². The van der Waals surface area contributed by atoms with Crippen molar-refractivity contribution in [3.8, 4) is 11.1 Å². The van der Waals surface area contributed by atoms with Crippen LogP contribution in [-0.2, 0) is 0 Å². The smallest absolute Gasteiger partial charge is 0.255 e. The summed E-state index contributed by atoms with van der Waals surface area (Å²) in [6, 6.07) is 9.67. The molecule has 0 unspecified atom stereocenters. The Kier molecular flexibility index (Phi) is 3.87. The lowest BCUT2D eigenvalue weighted by Crippen LogP contribution is -2.11. The number of aryl methyl sites for hydroxylation is 1. The molecule has 1 heterocycles. The Bertz CT molecular complexity index is 527. The zero-order chi connectivity index (χ0) is 13.0. The monoisotopic (exact) mass is 248 g/mol. The Morgan fingerprint density at radius 3 is 2.67 bits per heavy atom. The molecule has 2 aromatic rings. The van der Waals surface area contributed by atoms with Gasteiger partial charge in [-0.2, -0.15) is 0 Å². The lowest BCUT2D eigenvalue weighted by atomic mass is 10.0. The Morgan fingerprint density at radius 2 is 1.94 bits per heavy atom. The standard InChI is InChI=1S/C14H14F2N2/c1-10-4-2-3-5-11(10)12-6-7-17-8-13(12)18-9-14(15)16/h2-8,14,18H,9H2,1H3. The molecule has 4 heteroatoms. The van der Waals surface area contributed by atoms with E-state index in [1.54, 1.807) is 12.4 Å². The van der Waals surface area contributed by atoms with Gasteiger partial charge in [-0.3, -0.25) is 4.98 Å². The third-order valence-corrected chi connectivity index (χ3v) is 2.70. The van der Waals surface area contributed by atoms with E-state index in [0.29, 0.717) is 5.69 Å². The number of hydrogen-bond donors (Lipinski definition) is 1. The first-order chi connectivity index (χ1) is 8.68. The van der Waals surface area contributed by atoms with Crippen LogP contribution in [0.2, 0.25) is 0 Å². The molecule has 2 rings (SSSR count). The lowest BCUT2D eigenvalue weighted by molar-refractivity contribution is 0.163. The Morgan fingerprint density at radius 1 is 1.17 bits per heavy atom. The minimum atomic E-state index is -2.38. The van der Waals surface area contributed by atoms with E-state index in [1.807, 2.05) is 37.3 Å². The second-order valence-corrected chi connectivity index (χ2v) is 4.01. The van der Waals surface area contributed by atoms with Crippen LogP contribution in [0, 0.1) is 6.92 Å². The van der Waals surface area contributed by atoms with Gasteiger partial charge in [0.05, 0.1) is 18.4 Å². The van der Waals surface area contributed by atoms with Crippen LogP contribution in [0.3, 0.4) is 0 Å². The van der Waals surface area contributed by atoms with E-state index in [9.17, 15) is 8.78 Å². The molecule has 1 aromatic carbocycles. The van der Waals surface area contributed by atoms with E-state index in [1.165, 1.54) is 0 Å². The third-order valence-electron chi connectivity index (χ3n) is 2.70. The van der Waals surface area contributed by atoms with Gasteiger partial charge in [0.15, 0.2) is 0 Å². The average molecular weight is 248 g/mol. The van der Waals surface area contributed by atoms with Crippen molar-refractivity contribution < 1.29 is 8.78 Å². The van der Waals surface area contributed by atoms with Crippen molar-refractivity contribution in [2.45, 2.75) is 13.3 Å². The number of anilines is 1. The molecule has 0 saturated heterocycles. The molecule has 94 valence electrons. The largest absolute Gasteiger partial charge is 0.378 e. The first-order valence-corrected chi connectivity index (χ1v) is 5.70. The molecule has 0 atom stereocenters. The van der Waals surface area contributed by atoms with Gasteiger partial charge in [0.1, 0.15) is 0 Å². The number of benzene rings is 1. The molecular weight excluding hydrogens is 234 g/mol. The van der Waals surface area contributed by atoms with Crippen LogP contribution in [0.1, 0.15) is 5.56 Å². The van der Waals surface area contributed by atoms with Gasteiger partial charge in [0, 0.05) is 11.8 Å². The van der Waals surface area contributed by atoms with E-state index in [-0.39, 0.29) is 6.54 Å². The number of aromatic nitrogens is 1. The summed E-state index contributed by atoms with van der Waals surface area (Å²) in [5.41, 5.74) is 3.65. The van der Waals surface area contributed by atoms with Crippen molar-refractivity contribution in [3.05, 3.63) is 48.3 Å². The molecule has 0 aliphatic heterocycles. The van der Waals surface area contributed by atoms with Gasteiger partial charge in [-0.05, 0) is 24.1 Å². The van der Waals surface area contributed by atoms with E-state index >= 15 is 0 Å². The van der Waals surface area contributed by atoms with Crippen LogP contribution in [-0.4, -0.2) is 18.0 Å². The number of hydrogen-bond acceptors (Lipinski definition) is 2. The van der Waals surface area contributed by atoms with Gasteiger partial charge in [-0.15, -0.1) is 0 Å². The molecule has 0 radical (unpaired) electrons. The second kappa shape index (κ2) is 5.58. The fourth-order valence-corrected chi connectivity index (χ4v) is 1.83. The highest BCUT2D eigenvalue weighted by molar-refractivity contribution is 5.79. The average Bonchev–Trinajstić information content (AvgIpc) is 2.37. The van der Waals surface area contributed by atoms with Gasteiger partial charge in [0.2, 0.25) is 0 Å². The summed E-state index contributed by atoms with van der Waals surface area (Å²) in [6.07, 6.45) is 0.856. The maximum Gasteiger partial charge on any atom is 0.255 e. The highest BCUT2D eigenvalue weighted by Crippen LogP contribution is 2.29. The number of alkyl halides is 2. The predicted octanol–water partition coefficient (Wildman–Crippen LogP) is 3.73. The summed E-state index contributed by atoms with van der Waals surface area (Å²) in [5.74, 6) is 0. The van der Waals surface area contributed by atoms with Gasteiger partial charge in [-0.25, -0.2) is 8.78 Å². The topological polar surface area (TPSA) is 24.9 Å². The maximum absolute atomic E-state index is 12.3. The molecule has 0 aliphatic rings. The Labute approximate surface area is 105 Å². The van der Waals surface area contributed by atoms with Crippen molar-refractivity contribution >= 4 is 5.69 Å². The van der Waals surface area contributed by atoms with Crippen LogP contribution in [0.25, 0.3) is 11.1 Å². The molecule has 18 heavy (non-hydrogen) atoms. The molecule has 1 N–H and O–H groups in total. The highest BCUT2D eigenvalue weighted by atomic mass is 19.3. The highest BCUT2D eigenvalue weighted by Gasteiger charge is 2.09. The minimum Gasteiger partial charge on any atom is -0.378 e.